The maximum atomic E-state index is 5.72. The van der Waals surface area contributed by atoms with Gasteiger partial charge in [0.15, 0.2) is 0 Å². The van der Waals surface area contributed by atoms with Gasteiger partial charge >= 0.3 is 0 Å². The van der Waals surface area contributed by atoms with Crippen molar-refractivity contribution < 1.29 is 0 Å². The Balaban J connectivity index is 2.65. The van der Waals surface area contributed by atoms with Gasteiger partial charge in [0.1, 0.15) is 5.82 Å². The molecule has 0 bridgehead atoms. The molecule has 0 amide bonds. The second kappa shape index (κ2) is 5.47. The predicted molar refractivity (Wildman–Crippen MR) is 68.2 cm³/mol. The van der Waals surface area contributed by atoms with Crippen molar-refractivity contribution in [2.24, 2.45) is 5.73 Å². The molecule has 0 aliphatic carbocycles. The Morgan fingerprint density at radius 2 is 2.20 bits per heavy atom. The maximum absolute atomic E-state index is 5.72. The molecule has 15 heavy (non-hydrogen) atoms. The molecule has 1 rings (SSSR count). The molecule has 1 aromatic heterocycles. The molecule has 0 saturated heterocycles. The summed E-state index contributed by atoms with van der Waals surface area (Å²) in [7, 11) is 2.04. The van der Waals surface area contributed by atoms with Gasteiger partial charge in [-0.15, -0.1) is 0 Å². The van der Waals surface area contributed by atoms with E-state index in [2.05, 4.69) is 25.8 Å². The number of aromatic nitrogens is 1. The average molecular weight is 272 g/mol. The minimum Gasteiger partial charge on any atom is -0.360 e. The first kappa shape index (κ1) is 12.5. The van der Waals surface area contributed by atoms with Gasteiger partial charge in [-0.3, -0.25) is 0 Å². The average Bonchev–Trinajstić information content (AvgIpc) is 2.18. The molecule has 1 unspecified atom stereocenters. The number of nitrogens with two attached hydrogens (primary N) is 1. The monoisotopic (exact) mass is 271 g/mol. The Morgan fingerprint density at radius 3 is 2.73 bits per heavy atom. The molecule has 84 valence electrons. The van der Waals surface area contributed by atoms with Crippen LogP contribution in [0.2, 0.25) is 0 Å². The van der Waals surface area contributed by atoms with Crippen molar-refractivity contribution in [3.63, 3.8) is 0 Å². The zero-order chi connectivity index (χ0) is 11.4. The quantitative estimate of drug-likeness (QED) is 0.914. The van der Waals surface area contributed by atoms with Crippen molar-refractivity contribution in [2.45, 2.75) is 26.3 Å². The normalized spacial score (nSPS) is 12.6. The van der Waals surface area contributed by atoms with Crippen LogP contribution in [0.4, 0.5) is 5.82 Å². The Kier molecular flexibility index (Phi) is 4.54. The fourth-order valence-corrected chi connectivity index (χ4v) is 1.48. The van der Waals surface area contributed by atoms with Crippen molar-refractivity contribution in [1.29, 1.82) is 0 Å². The highest BCUT2D eigenvalue weighted by molar-refractivity contribution is 9.10. The molecule has 0 radical (unpaired) electrons. The van der Waals surface area contributed by atoms with Crippen LogP contribution in [0.1, 0.15) is 19.0 Å². The van der Waals surface area contributed by atoms with E-state index < -0.39 is 0 Å². The SMILES string of the molecule is Cc1nc(N(C)CCC(C)N)ccc1Br. The van der Waals surface area contributed by atoms with E-state index in [1.807, 2.05) is 33.0 Å². The summed E-state index contributed by atoms with van der Waals surface area (Å²) >= 11 is 3.44. The first-order valence-corrected chi connectivity index (χ1v) is 5.90. The Labute approximate surface area is 99.8 Å². The topological polar surface area (TPSA) is 42.2 Å². The minimum atomic E-state index is 0.240. The lowest BCUT2D eigenvalue weighted by atomic mass is 10.2. The van der Waals surface area contributed by atoms with Crippen LogP contribution in [0, 0.1) is 6.92 Å². The number of halogens is 1. The highest BCUT2D eigenvalue weighted by Crippen LogP contribution is 2.18. The van der Waals surface area contributed by atoms with Crippen LogP contribution >= 0.6 is 15.9 Å². The number of rotatable bonds is 4. The molecule has 0 aromatic carbocycles. The van der Waals surface area contributed by atoms with Gasteiger partial charge in [-0.05, 0) is 48.3 Å². The number of hydrogen-bond donors (Lipinski definition) is 1. The van der Waals surface area contributed by atoms with Crippen molar-refractivity contribution in [2.75, 3.05) is 18.5 Å². The van der Waals surface area contributed by atoms with Crippen molar-refractivity contribution >= 4 is 21.7 Å². The third kappa shape index (κ3) is 3.80. The molecule has 1 atom stereocenters. The first-order chi connectivity index (χ1) is 7.00. The lowest BCUT2D eigenvalue weighted by molar-refractivity contribution is 0.656. The van der Waals surface area contributed by atoms with Gasteiger partial charge in [-0.1, -0.05) is 0 Å². The zero-order valence-corrected chi connectivity index (χ0v) is 11.1. The summed E-state index contributed by atoms with van der Waals surface area (Å²) in [4.78, 5) is 6.62. The molecular formula is C11H18BrN3. The van der Waals surface area contributed by atoms with Crippen LogP contribution in [-0.4, -0.2) is 24.6 Å². The molecule has 0 aliphatic rings. The van der Waals surface area contributed by atoms with Gasteiger partial charge in [-0.2, -0.15) is 0 Å². The second-order valence-electron chi connectivity index (χ2n) is 3.92. The van der Waals surface area contributed by atoms with Gasteiger partial charge in [0.25, 0.3) is 0 Å². The summed E-state index contributed by atoms with van der Waals surface area (Å²) in [6.07, 6.45) is 0.979. The summed E-state index contributed by atoms with van der Waals surface area (Å²) in [5, 5.41) is 0. The smallest absolute Gasteiger partial charge is 0.128 e. The van der Waals surface area contributed by atoms with E-state index in [1.165, 1.54) is 0 Å². The zero-order valence-electron chi connectivity index (χ0n) is 9.50. The fraction of sp³-hybridized carbons (Fsp3) is 0.545. The minimum absolute atomic E-state index is 0.240. The third-order valence-electron chi connectivity index (χ3n) is 2.32. The number of anilines is 1. The predicted octanol–water partition coefficient (Wildman–Crippen LogP) is 2.33. The van der Waals surface area contributed by atoms with Crippen LogP contribution in [0.15, 0.2) is 16.6 Å². The summed E-state index contributed by atoms with van der Waals surface area (Å²) in [5.41, 5.74) is 6.73. The van der Waals surface area contributed by atoms with E-state index in [0.717, 1.165) is 29.0 Å². The van der Waals surface area contributed by atoms with E-state index in [0.29, 0.717) is 0 Å². The van der Waals surface area contributed by atoms with E-state index >= 15 is 0 Å². The van der Waals surface area contributed by atoms with E-state index in [9.17, 15) is 0 Å². The summed E-state index contributed by atoms with van der Waals surface area (Å²) < 4.78 is 1.05. The molecule has 0 fully saturated rings. The highest BCUT2D eigenvalue weighted by atomic mass is 79.9. The third-order valence-corrected chi connectivity index (χ3v) is 3.16. The van der Waals surface area contributed by atoms with Gasteiger partial charge in [0, 0.05) is 24.1 Å². The largest absolute Gasteiger partial charge is 0.360 e. The Bertz CT molecular complexity index is 326. The molecule has 0 spiro atoms. The molecule has 1 heterocycles. The molecule has 2 N–H and O–H groups in total. The Hall–Kier alpha value is -0.610. The van der Waals surface area contributed by atoms with Crippen LogP contribution in [-0.2, 0) is 0 Å². The molecule has 1 aromatic rings. The molecule has 0 saturated carbocycles. The maximum Gasteiger partial charge on any atom is 0.128 e. The first-order valence-electron chi connectivity index (χ1n) is 5.10. The van der Waals surface area contributed by atoms with Gasteiger partial charge < -0.3 is 10.6 Å². The van der Waals surface area contributed by atoms with Crippen LogP contribution in [0.25, 0.3) is 0 Å². The molecule has 0 aliphatic heterocycles. The lowest BCUT2D eigenvalue weighted by Crippen LogP contribution is -2.26. The van der Waals surface area contributed by atoms with Crippen LogP contribution < -0.4 is 10.6 Å². The number of nitrogens with zero attached hydrogens (tertiary/aromatic N) is 2. The lowest BCUT2D eigenvalue weighted by Gasteiger charge is -2.19. The van der Waals surface area contributed by atoms with E-state index in [4.69, 9.17) is 5.73 Å². The number of hydrogen-bond acceptors (Lipinski definition) is 3. The van der Waals surface area contributed by atoms with Crippen LogP contribution in [0.5, 0.6) is 0 Å². The van der Waals surface area contributed by atoms with Crippen LogP contribution in [0.3, 0.4) is 0 Å². The number of aryl methyl sites for hydroxylation is 1. The number of pyridine rings is 1. The van der Waals surface area contributed by atoms with Crippen molar-refractivity contribution in [3.8, 4) is 0 Å². The van der Waals surface area contributed by atoms with Crippen molar-refractivity contribution in [3.05, 3.63) is 22.3 Å². The summed E-state index contributed by atoms with van der Waals surface area (Å²) in [5.74, 6) is 0.997. The van der Waals surface area contributed by atoms with E-state index in [1.54, 1.807) is 0 Å². The summed E-state index contributed by atoms with van der Waals surface area (Å²) in [6, 6.07) is 4.28. The van der Waals surface area contributed by atoms with Gasteiger partial charge in [0.2, 0.25) is 0 Å². The van der Waals surface area contributed by atoms with E-state index in [-0.39, 0.29) is 6.04 Å². The van der Waals surface area contributed by atoms with Gasteiger partial charge in [-0.25, -0.2) is 4.98 Å². The molecule has 4 heteroatoms. The second-order valence-corrected chi connectivity index (χ2v) is 4.78. The molecular weight excluding hydrogens is 254 g/mol. The Morgan fingerprint density at radius 1 is 1.53 bits per heavy atom. The van der Waals surface area contributed by atoms with Crippen molar-refractivity contribution in [1.82, 2.24) is 4.98 Å². The van der Waals surface area contributed by atoms with Gasteiger partial charge in [0.05, 0.1) is 5.69 Å². The highest BCUT2D eigenvalue weighted by Gasteiger charge is 2.05. The fourth-order valence-electron chi connectivity index (χ4n) is 1.26. The standard InChI is InChI=1S/C11H18BrN3/c1-8(13)6-7-15(3)11-5-4-10(12)9(2)14-11/h4-5,8H,6-7,13H2,1-3H3. The molecule has 3 nitrogen and oxygen atoms in total. The summed E-state index contributed by atoms with van der Waals surface area (Å²) in [6.45, 7) is 4.95.